The third-order valence-electron chi connectivity index (χ3n) is 3.37. The second-order valence-electron chi connectivity index (χ2n) is 4.82. The summed E-state index contributed by atoms with van der Waals surface area (Å²) in [5, 5.41) is 4.33. The summed E-state index contributed by atoms with van der Waals surface area (Å²) >= 11 is 11.8. The van der Waals surface area contributed by atoms with E-state index < -0.39 is 0 Å². The molecule has 1 atom stereocenters. The van der Waals surface area contributed by atoms with Gasteiger partial charge in [-0.2, -0.15) is 0 Å². The van der Waals surface area contributed by atoms with Gasteiger partial charge in [0.2, 0.25) is 5.91 Å². The van der Waals surface area contributed by atoms with Gasteiger partial charge < -0.3 is 10.2 Å². The standard InChI is InChI=1S/C15H13Cl2N3O/c16-10-2-1-3-12(8-10)20-7-6-13(15(20)21)19-14-5-4-11(17)9-18-14/h1-5,8-9,13H,6-7H2,(H,18,19). The van der Waals surface area contributed by atoms with Crippen LogP contribution in [0.3, 0.4) is 0 Å². The number of anilines is 2. The molecule has 1 fully saturated rings. The summed E-state index contributed by atoms with van der Waals surface area (Å²) in [7, 11) is 0. The Bertz CT molecular complexity index is 660. The lowest BCUT2D eigenvalue weighted by molar-refractivity contribution is -0.117. The van der Waals surface area contributed by atoms with E-state index in [0.717, 1.165) is 12.1 Å². The minimum Gasteiger partial charge on any atom is -0.358 e. The van der Waals surface area contributed by atoms with Crippen molar-refractivity contribution in [2.75, 3.05) is 16.8 Å². The molecule has 0 aliphatic carbocycles. The van der Waals surface area contributed by atoms with Crippen molar-refractivity contribution in [1.82, 2.24) is 4.98 Å². The molecule has 21 heavy (non-hydrogen) atoms. The molecule has 0 radical (unpaired) electrons. The molecule has 1 aromatic heterocycles. The molecular formula is C15H13Cl2N3O. The molecule has 2 heterocycles. The number of pyridine rings is 1. The molecule has 108 valence electrons. The van der Waals surface area contributed by atoms with Crippen LogP contribution in [-0.2, 0) is 4.79 Å². The molecule has 0 bridgehead atoms. The van der Waals surface area contributed by atoms with E-state index in [9.17, 15) is 4.79 Å². The summed E-state index contributed by atoms with van der Waals surface area (Å²) in [6.45, 7) is 0.657. The first-order valence-electron chi connectivity index (χ1n) is 6.58. The molecule has 1 unspecified atom stereocenters. The van der Waals surface area contributed by atoms with E-state index in [1.807, 2.05) is 12.1 Å². The normalized spacial score (nSPS) is 18.1. The van der Waals surface area contributed by atoms with Crippen molar-refractivity contribution in [3.05, 3.63) is 52.6 Å². The molecule has 1 amide bonds. The predicted octanol–water partition coefficient (Wildman–Crippen LogP) is 3.61. The van der Waals surface area contributed by atoms with E-state index in [1.165, 1.54) is 0 Å². The first-order chi connectivity index (χ1) is 10.1. The number of halogens is 2. The zero-order valence-electron chi connectivity index (χ0n) is 11.1. The van der Waals surface area contributed by atoms with Crippen molar-refractivity contribution in [3.8, 4) is 0 Å². The number of carbonyl (C=O) groups excluding carboxylic acids is 1. The van der Waals surface area contributed by atoms with E-state index in [4.69, 9.17) is 23.2 Å². The molecule has 1 aliphatic rings. The zero-order chi connectivity index (χ0) is 14.8. The highest BCUT2D eigenvalue weighted by Gasteiger charge is 2.32. The summed E-state index contributed by atoms with van der Waals surface area (Å²) < 4.78 is 0. The lowest BCUT2D eigenvalue weighted by Gasteiger charge is -2.17. The maximum Gasteiger partial charge on any atom is 0.249 e. The quantitative estimate of drug-likeness (QED) is 0.939. The average Bonchev–Trinajstić information content (AvgIpc) is 2.83. The molecule has 1 aliphatic heterocycles. The summed E-state index contributed by atoms with van der Waals surface area (Å²) in [4.78, 5) is 18.3. The molecule has 4 nitrogen and oxygen atoms in total. The highest BCUT2D eigenvalue weighted by Crippen LogP contribution is 2.25. The summed E-state index contributed by atoms with van der Waals surface area (Å²) in [6.07, 6.45) is 2.27. The van der Waals surface area contributed by atoms with Crippen LogP contribution in [0.2, 0.25) is 10.0 Å². The lowest BCUT2D eigenvalue weighted by Crippen LogP contribution is -2.33. The van der Waals surface area contributed by atoms with Gasteiger partial charge in [0.05, 0.1) is 5.02 Å². The Morgan fingerprint density at radius 2 is 2.05 bits per heavy atom. The van der Waals surface area contributed by atoms with Gasteiger partial charge in [0.25, 0.3) is 0 Å². The minimum absolute atomic E-state index is 0.0222. The van der Waals surface area contributed by atoms with Crippen molar-refractivity contribution in [1.29, 1.82) is 0 Å². The Balaban J connectivity index is 1.73. The topological polar surface area (TPSA) is 45.2 Å². The largest absolute Gasteiger partial charge is 0.358 e. The van der Waals surface area contributed by atoms with Gasteiger partial charge in [-0.05, 0) is 36.8 Å². The minimum atomic E-state index is -0.280. The second kappa shape index (κ2) is 5.92. The molecule has 6 heteroatoms. The van der Waals surface area contributed by atoms with Crippen LogP contribution in [0.1, 0.15) is 6.42 Å². The van der Waals surface area contributed by atoms with Gasteiger partial charge in [-0.15, -0.1) is 0 Å². The van der Waals surface area contributed by atoms with Crippen molar-refractivity contribution >= 4 is 40.6 Å². The summed E-state index contributed by atoms with van der Waals surface area (Å²) in [5.41, 5.74) is 0.820. The fraction of sp³-hybridized carbons (Fsp3) is 0.200. The van der Waals surface area contributed by atoms with Gasteiger partial charge in [-0.1, -0.05) is 29.3 Å². The molecule has 1 N–H and O–H groups in total. The van der Waals surface area contributed by atoms with Crippen LogP contribution in [0.25, 0.3) is 0 Å². The first kappa shape index (κ1) is 14.2. The van der Waals surface area contributed by atoms with Crippen molar-refractivity contribution in [2.45, 2.75) is 12.5 Å². The molecule has 0 spiro atoms. The zero-order valence-corrected chi connectivity index (χ0v) is 12.6. The number of amides is 1. The predicted molar refractivity (Wildman–Crippen MR) is 85.1 cm³/mol. The number of hydrogen-bond acceptors (Lipinski definition) is 3. The van der Waals surface area contributed by atoms with Gasteiger partial charge in [0.15, 0.2) is 0 Å². The maximum absolute atomic E-state index is 12.5. The highest BCUT2D eigenvalue weighted by molar-refractivity contribution is 6.31. The van der Waals surface area contributed by atoms with Crippen molar-refractivity contribution in [3.63, 3.8) is 0 Å². The maximum atomic E-state index is 12.5. The lowest BCUT2D eigenvalue weighted by atomic mass is 10.2. The van der Waals surface area contributed by atoms with Crippen LogP contribution >= 0.6 is 23.2 Å². The Morgan fingerprint density at radius 3 is 2.76 bits per heavy atom. The highest BCUT2D eigenvalue weighted by atomic mass is 35.5. The van der Waals surface area contributed by atoms with Gasteiger partial charge in [-0.3, -0.25) is 4.79 Å². The molecule has 0 saturated carbocycles. The Kier molecular flexibility index (Phi) is 3.99. The van der Waals surface area contributed by atoms with E-state index in [1.54, 1.807) is 35.4 Å². The number of nitrogens with one attached hydrogen (secondary N) is 1. The first-order valence-corrected chi connectivity index (χ1v) is 7.34. The Labute approximate surface area is 132 Å². The van der Waals surface area contributed by atoms with Crippen molar-refractivity contribution < 1.29 is 4.79 Å². The fourth-order valence-corrected chi connectivity index (χ4v) is 2.65. The third-order valence-corrected chi connectivity index (χ3v) is 3.83. The SMILES string of the molecule is O=C1C(Nc2ccc(Cl)cn2)CCN1c1cccc(Cl)c1. The number of carbonyl (C=O) groups is 1. The van der Waals surface area contributed by atoms with E-state index in [-0.39, 0.29) is 11.9 Å². The number of benzene rings is 1. The Morgan fingerprint density at radius 1 is 1.19 bits per heavy atom. The van der Waals surface area contributed by atoms with Gasteiger partial charge in [0.1, 0.15) is 11.9 Å². The molecular weight excluding hydrogens is 309 g/mol. The van der Waals surface area contributed by atoms with E-state index in [0.29, 0.717) is 22.4 Å². The molecule has 1 aromatic carbocycles. The van der Waals surface area contributed by atoms with Crippen LogP contribution < -0.4 is 10.2 Å². The molecule has 1 saturated heterocycles. The third kappa shape index (κ3) is 3.12. The summed E-state index contributed by atoms with van der Waals surface area (Å²) in [6, 6.07) is 10.5. The van der Waals surface area contributed by atoms with Crippen molar-refractivity contribution in [2.24, 2.45) is 0 Å². The van der Waals surface area contributed by atoms with Gasteiger partial charge in [-0.25, -0.2) is 4.98 Å². The Hall–Kier alpha value is -1.78. The van der Waals surface area contributed by atoms with Crippen LogP contribution in [0, 0.1) is 0 Å². The van der Waals surface area contributed by atoms with Crippen LogP contribution in [0.15, 0.2) is 42.6 Å². The fourth-order valence-electron chi connectivity index (χ4n) is 2.35. The smallest absolute Gasteiger partial charge is 0.249 e. The van der Waals surface area contributed by atoms with Crippen LogP contribution in [0.5, 0.6) is 0 Å². The van der Waals surface area contributed by atoms with Crippen LogP contribution in [0.4, 0.5) is 11.5 Å². The van der Waals surface area contributed by atoms with Gasteiger partial charge >= 0.3 is 0 Å². The number of nitrogens with zero attached hydrogens (tertiary/aromatic N) is 2. The second-order valence-corrected chi connectivity index (χ2v) is 5.69. The number of aromatic nitrogens is 1. The van der Waals surface area contributed by atoms with E-state index >= 15 is 0 Å². The number of hydrogen-bond donors (Lipinski definition) is 1. The monoisotopic (exact) mass is 321 g/mol. The average molecular weight is 322 g/mol. The molecule has 3 rings (SSSR count). The number of rotatable bonds is 3. The van der Waals surface area contributed by atoms with E-state index in [2.05, 4.69) is 10.3 Å². The van der Waals surface area contributed by atoms with Gasteiger partial charge in [0, 0.05) is 23.5 Å². The molecule has 2 aromatic rings. The summed E-state index contributed by atoms with van der Waals surface area (Å²) in [5.74, 6) is 0.666. The van der Waals surface area contributed by atoms with Crippen LogP contribution in [-0.4, -0.2) is 23.5 Å².